The van der Waals surface area contributed by atoms with Crippen molar-refractivity contribution < 1.29 is 9.18 Å². The highest BCUT2D eigenvalue weighted by Crippen LogP contribution is 2.29. The van der Waals surface area contributed by atoms with Gasteiger partial charge in [-0.2, -0.15) is 5.26 Å². The summed E-state index contributed by atoms with van der Waals surface area (Å²) in [5, 5.41) is 9.19. The molecule has 0 aliphatic heterocycles. The van der Waals surface area contributed by atoms with Crippen molar-refractivity contribution in [2.45, 2.75) is 12.8 Å². The van der Waals surface area contributed by atoms with Crippen LogP contribution in [-0.2, 0) is 0 Å². The van der Waals surface area contributed by atoms with Crippen LogP contribution in [0.15, 0.2) is 40.9 Å². The molecule has 2 aromatic rings. The molecule has 0 heterocycles. The van der Waals surface area contributed by atoms with Gasteiger partial charge >= 0.3 is 0 Å². The summed E-state index contributed by atoms with van der Waals surface area (Å²) in [5.74, 6) is -2.40. The van der Waals surface area contributed by atoms with Crippen LogP contribution in [0.1, 0.15) is 27.4 Å². The van der Waals surface area contributed by atoms with Crippen molar-refractivity contribution in [3.63, 3.8) is 0 Å². The maximum absolute atomic E-state index is 14.1. The molecule has 0 aromatic heterocycles. The Morgan fingerprint density at radius 3 is 2.76 bits per heavy atom. The first kappa shape index (κ1) is 15.7. The SMILES string of the molecule is Cc1ccc(Br)cc1C(=O)C(C#N)c1cccc(Cl)c1F. The van der Waals surface area contributed by atoms with Crippen LogP contribution < -0.4 is 0 Å². The van der Waals surface area contributed by atoms with E-state index in [1.807, 2.05) is 6.07 Å². The Kier molecular flexibility index (Phi) is 4.76. The second-order valence-electron chi connectivity index (χ2n) is 4.53. The van der Waals surface area contributed by atoms with Gasteiger partial charge in [0.2, 0.25) is 0 Å². The molecular weight excluding hydrogens is 357 g/mol. The summed E-state index contributed by atoms with van der Waals surface area (Å²) in [6.07, 6.45) is 0. The number of hydrogen-bond donors (Lipinski definition) is 0. The fourth-order valence-electron chi connectivity index (χ4n) is 2.03. The number of nitriles is 1. The standard InChI is InChI=1S/C16H10BrClFNO/c1-9-5-6-10(17)7-12(9)16(21)13(8-20)11-3-2-4-14(18)15(11)19/h2-7,13H,1H3. The zero-order chi connectivity index (χ0) is 15.6. The molecule has 0 radical (unpaired) electrons. The first-order valence-electron chi connectivity index (χ1n) is 6.09. The smallest absolute Gasteiger partial charge is 0.184 e. The van der Waals surface area contributed by atoms with E-state index in [1.54, 1.807) is 25.1 Å². The molecule has 2 nitrogen and oxygen atoms in total. The average molecular weight is 367 g/mol. The summed E-state index contributed by atoms with van der Waals surface area (Å²) in [6.45, 7) is 1.77. The average Bonchev–Trinajstić information content (AvgIpc) is 2.46. The summed E-state index contributed by atoms with van der Waals surface area (Å²) in [4.78, 5) is 12.6. The van der Waals surface area contributed by atoms with Crippen LogP contribution in [0.4, 0.5) is 4.39 Å². The molecule has 2 rings (SSSR count). The molecule has 0 aliphatic carbocycles. The molecule has 0 spiro atoms. The number of Topliss-reactive ketones (excluding diaryl/α,β-unsaturated/α-hetero) is 1. The number of carbonyl (C=O) groups is 1. The predicted molar refractivity (Wildman–Crippen MR) is 83.0 cm³/mol. The highest BCUT2D eigenvalue weighted by Gasteiger charge is 2.26. The van der Waals surface area contributed by atoms with Gasteiger partial charge in [0.05, 0.1) is 11.1 Å². The van der Waals surface area contributed by atoms with Crippen LogP contribution in [-0.4, -0.2) is 5.78 Å². The van der Waals surface area contributed by atoms with Crippen LogP contribution in [0.2, 0.25) is 5.02 Å². The third-order valence-electron chi connectivity index (χ3n) is 3.15. The van der Waals surface area contributed by atoms with Crippen molar-refractivity contribution in [2.24, 2.45) is 0 Å². The van der Waals surface area contributed by atoms with E-state index >= 15 is 0 Å². The maximum Gasteiger partial charge on any atom is 0.184 e. The van der Waals surface area contributed by atoms with E-state index < -0.39 is 17.5 Å². The van der Waals surface area contributed by atoms with Gasteiger partial charge in [-0.3, -0.25) is 4.79 Å². The third-order valence-corrected chi connectivity index (χ3v) is 3.93. The Balaban J connectivity index is 2.52. The molecule has 2 aromatic carbocycles. The van der Waals surface area contributed by atoms with Gasteiger partial charge in [-0.1, -0.05) is 45.7 Å². The normalized spacial score (nSPS) is 11.8. The lowest BCUT2D eigenvalue weighted by molar-refractivity contribution is 0.0977. The molecule has 0 saturated heterocycles. The van der Waals surface area contributed by atoms with Gasteiger partial charge < -0.3 is 0 Å². The van der Waals surface area contributed by atoms with Crippen molar-refractivity contribution in [1.82, 2.24) is 0 Å². The Hall–Kier alpha value is -1.70. The number of benzene rings is 2. The summed E-state index contributed by atoms with van der Waals surface area (Å²) in [6, 6.07) is 11.4. The molecule has 0 fully saturated rings. The lowest BCUT2D eigenvalue weighted by Gasteiger charge is -2.12. The number of carbonyl (C=O) groups excluding carboxylic acids is 1. The molecule has 5 heteroatoms. The van der Waals surface area contributed by atoms with Crippen molar-refractivity contribution in [3.8, 4) is 6.07 Å². The first-order chi connectivity index (χ1) is 9.95. The minimum Gasteiger partial charge on any atom is -0.292 e. The number of halogens is 3. The van der Waals surface area contributed by atoms with Crippen LogP contribution in [0.25, 0.3) is 0 Å². The Labute approximate surface area is 135 Å². The van der Waals surface area contributed by atoms with Crippen molar-refractivity contribution in [1.29, 1.82) is 5.26 Å². The van der Waals surface area contributed by atoms with Gasteiger partial charge in [-0.15, -0.1) is 0 Å². The summed E-state index contributed by atoms with van der Waals surface area (Å²) >= 11 is 9.01. The molecule has 0 amide bonds. The fraction of sp³-hybridized carbons (Fsp3) is 0.125. The van der Waals surface area contributed by atoms with Gasteiger partial charge in [0, 0.05) is 15.6 Å². The van der Waals surface area contributed by atoms with E-state index in [4.69, 9.17) is 11.6 Å². The van der Waals surface area contributed by atoms with E-state index in [2.05, 4.69) is 15.9 Å². The second-order valence-corrected chi connectivity index (χ2v) is 5.85. The molecule has 0 saturated carbocycles. The molecule has 0 aliphatic rings. The monoisotopic (exact) mass is 365 g/mol. The molecule has 1 atom stereocenters. The summed E-state index contributed by atoms with van der Waals surface area (Å²) in [5.41, 5.74) is 1.11. The number of rotatable bonds is 3. The van der Waals surface area contributed by atoms with Crippen molar-refractivity contribution in [2.75, 3.05) is 0 Å². The quantitative estimate of drug-likeness (QED) is 0.714. The highest BCUT2D eigenvalue weighted by atomic mass is 79.9. The lowest BCUT2D eigenvalue weighted by atomic mass is 9.89. The van der Waals surface area contributed by atoms with Gasteiger partial charge in [-0.05, 0) is 30.7 Å². The Morgan fingerprint density at radius 2 is 2.10 bits per heavy atom. The molecule has 21 heavy (non-hydrogen) atoms. The molecule has 0 N–H and O–H groups in total. The van der Waals surface area contributed by atoms with E-state index in [9.17, 15) is 14.4 Å². The van der Waals surface area contributed by atoms with Gasteiger partial charge in [-0.25, -0.2) is 4.39 Å². The Morgan fingerprint density at radius 1 is 1.38 bits per heavy atom. The zero-order valence-corrected chi connectivity index (χ0v) is 13.4. The van der Waals surface area contributed by atoms with Crippen LogP contribution in [0.5, 0.6) is 0 Å². The summed E-state index contributed by atoms with van der Waals surface area (Å²) in [7, 11) is 0. The maximum atomic E-state index is 14.1. The van der Waals surface area contributed by atoms with Gasteiger partial charge in [0.25, 0.3) is 0 Å². The van der Waals surface area contributed by atoms with Gasteiger partial charge in [0.15, 0.2) is 5.78 Å². The molecule has 106 valence electrons. The van der Waals surface area contributed by atoms with Gasteiger partial charge in [0.1, 0.15) is 11.7 Å². The van der Waals surface area contributed by atoms with E-state index in [0.29, 0.717) is 5.56 Å². The number of ketones is 1. The van der Waals surface area contributed by atoms with E-state index in [1.165, 1.54) is 18.2 Å². The number of aryl methyl sites for hydroxylation is 1. The number of hydrogen-bond acceptors (Lipinski definition) is 2. The highest BCUT2D eigenvalue weighted by molar-refractivity contribution is 9.10. The van der Waals surface area contributed by atoms with Crippen LogP contribution in [0.3, 0.4) is 0 Å². The minimum absolute atomic E-state index is 0.00521. The molecular formula is C16H10BrClFNO. The fourth-order valence-corrected chi connectivity index (χ4v) is 2.57. The largest absolute Gasteiger partial charge is 0.292 e. The van der Waals surface area contributed by atoms with Crippen LogP contribution in [0, 0.1) is 24.1 Å². The van der Waals surface area contributed by atoms with Crippen LogP contribution >= 0.6 is 27.5 Å². The predicted octanol–water partition coefficient (Wildman–Crippen LogP) is 5.04. The number of nitrogens with zero attached hydrogens (tertiary/aromatic N) is 1. The Bertz CT molecular complexity index is 754. The second kappa shape index (κ2) is 6.38. The lowest BCUT2D eigenvalue weighted by Crippen LogP contribution is -2.14. The first-order valence-corrected chi connectivity index (χ1v) is 7.26. The third kappa shape index (κ3) is 3.15. The van der Waals surface area contributed by atoms with E-state index in [-0.39, 0.29) is 10.6 Å². The minimum atomic E-state index is -1.23. The molecule has 0 bridgehead atoms. The van der Waals surface area contributed by atoms with Crippen molar-refractivity contribution >= 4 is 33.3 Å². The van der Waals surface area contributed by atoms with E-state index in [0.717, 1.165) is 10.0 Å². The zero-order valence-electron chi connectivity index (χ0n) is 11.0. The van der Waals surface area contributed by atoms with Crippen molar-refractivity contribution in [3.05, 3.63) is 68.4 Å². The molecule has 1 unspecified atom stereocenters. The topological polar surface area (TPSA) is 40.9 Å². The summed E-state index contributed by atoms with van der Waals surface area (Å²) < 4.78 is 14.8.